The number of cyclic esters (lactones) is 2. The molecule has 1 aromatic rings. The second-order valence-corrected chi connectivity index (χ2v) is 20.6. The van der Waals surface area contributed by atoms with Crippen LogP contribution in [0.5, 0.6) is 0 Å². The van der Waals surface area contributed by atoms with E-state index in [1.807, 2.05) is 31.1 Å². The average Bonchev–Trinajstić information content (AvgIpc) is 3.55. The minimum atomic E-state index is -1.10. The molecule has 1 aliphatic heterocycles. The monoisotopic (exact) mass is 939 g/mol. The molecule has 0 radical (unpaired) electrons. The molecule has 1 aromatic carbocycles. The van der Waals surface area contributed by atoms with Crippen molar-refractivity contribution in [2.75, 3.05) is 32.1 Å². The maximum atomic E-state index is 14.2. The number of hydrogen-bond acceptors (Lipinski definition) is 8. The number of carbonyl (C=O) groups excluding carboxylic acids is 4. The number of hydrogen-bond donors (Lipinski definition) is 2. The van der Waals surface area contributed by atoms with Gasteiger partial charge in [0.05, 0.1) is 30.2 Å². The minimum absolute atomic E-state index is 0.0696. The zero-order valence-electron chi connectivity index (χ0n) is 43.6. The van der Waals surface area contributed by atoms with Crippen LogP contribution in [0.2, 0.25) is 0 Å². The zero-order chi connectivity index (χ0) is 49.1. The summed E-state index contributed by atoms with van der Waals surface area (Å²) in [7, 11) is 3.86. The first-order chi connectivity index (χ1) is 32.4. The van der Waals surface area contributed by atoms with Gasteiger partial charge in [-0.2, -0.15) is 0 Å². The van der Waals surface area contributed by atoms with E-state index in [4.69, 9.17) is 9.47 Å². The number of carboxylic acids is 1. The third kappa shape index (κ3) is 26.2. The lowest BCUT2D eigenvalue weighted by Crippen LogP contribution is -2.40. The van der Waals surface area contributed by atoms with E-state index >= 15 is 0 Å². The Morgan fingerprint density at radius 2 is 1.09 bits per heavy atom. The number of carboxylic acid groups (broad SMARTS) is 1. The summed E-state index contributed by atoms with van der Waals surface area (Å²) in [5.41, 5.74) is 1.46. The van der Waals surface area contributed by atoms with Gasteiger partial charge in [-0.1, -0.05) is 214 Å². The topological polar surface area (TPSA) is 139 Å². The van der Waals surface area contributed by atoms with Gasteiger partial charge in [0, 0.05) is 25.3 Å². The summed E-state index contributed by atoms with van der Waals surface area (Å²) in [4.78, 5) is 68.1. The minimum Gasteiger partial charge on any atom is -0.481 e. The van der Waals surface area contributed by atoms with Crippen LogP contribution in [0.25, 0.3) is 0 Å². The standard InChI is InChI=1S/C57H98N2O8/c1-7-9-11-13-15-17-19-21-23-25-27-29-31-33-35-45(3)43-51(56(64)66-42-41-58-53(60)47-37-39-49(40-38-47)59(5)6)52(54(61)62)48(44-50-46(4)55(63)67-57(50)65)36-34-32-30-28-26-24-22-20-18-16-14-12-10-8-2/h37-40,45-46,48,50-52H,7-36,41-44H2,1-6H3,(H,58,60)(H,61,62). The van der Waals surface area contributed by atoms with E-state index in [1.54, 1.807) is 19.1 Å². The van der Waals surface area contributed by atoms with Gasteiger partial charge in [0.2, 0.25) is 0 Å². The third-order valence-corrected chi connectivity index (χ3v) is 14.5. The number of ether oxygens (including phenoxy) is 2. The second-order valence-electron chi connectivity index (χ2n) is 20.6. The lowest BCUT2D eigenvalue weighted by atomic mass is 9.71. The molecule has 0 saturated carbocycles. The van der Waals surface area contributed by atoms with Gasteiger partial charge in [0.15, 0.2) is 0 Å². The van der Waals surface area contributed by atoms with Crippen molar-refractivity contribution in [2.24, 2.45) is 35.5 Å². The normalized spacial score (nSPS) is 16.6. The summed E-state index contributed by atoms with van der Waals surface area (Å²) in [6.07, 6.45) is 36.7. The molecule has 0 aromatic heterocycles. The van der Waals surface area contributed by atoms with Crippen molar-refractivity contribution in [3.8, 4) is 0 Å². The molecule has 6 atom stereocenters. The highest BCUT2D eigenvalue weighted by atomic mass is 16.6. The van der Waals surface area contributed by atoms with Crippen molar-refractivity contribution in [1.82, 2.24) is 5.32 Å². The highest BCUT2D eigenvalue weighted by Gasteiger charge is 2.47. The van der Waals surface area contributed by atoms with Gasteiger partial charge in [0.25, 0.3) is 5.91 Å². The first kappa shape index (κ1) is 59.7. The molecule has 1 fully saturated rings. The second kappa shape index (κ2) is 37.5. The van der Waals surface area contributed by atoms with Crippen molar-refractivity contribution < 1.29 is 38.6 Å². The molecule has 2 N–H and O–H groups in total. The van der Waals surface area contributed by atoms with E-state index in [1.165, 1.54) is 141 Å². The van der Waals surface area contributed by atoms with Crippen molar-refractivity contribution >= 4 is 35.5 Å². The fourth-order valence-corrected chi connectivity index (χ4v) is 10.1. The van der Waals surface area contributed by atoms with Crippen LogP contribution in [0.4, 0.5) is 5.69 Å². The number of aliphatic carboxylic acids is 1. The van der Waals surface area contributed by atoms with Gasteiger partial charge < -0.3 is 24.8 Å². The van der Waals surface area contributed by atoms with E-state index in [9.17, 15) is 29.1 Å². The lowest BCUT2D eigenvalue weighted by Gasteiger charge is -2.32. The number of anilines is 1. The molecule has 1 heterocycles. The molecule has 1 amide bonds. The van der Waals surface area contributed by atoms with Gasteiger partial charge in [-0.05, 0) is 55.4 Å². The number of nitrogens with zero attached hydrogens (tertiary/aromatic N) is 1. The summed E-state index contributed by atoms with van der Waals surface area (Å²) < 4.78 is 10.9. The molecule has 1 aliphatic rings. The van der Waals surface area contributed by atoms with Crippen LogP contribution in [0.1, 0.15) is 244 Å². The van der Waals surface area contributed by atoms with Gasteiger partial charge in [-0.3, -0.25) is 24.0 Å². The fourth-order valence-electron chi connectivity index (χ4n) is 10.1. The highest BCUT2D eigenvalue weighted by molar-refractivity contribution is 5.96. The van der Waals surface area contributed by atoms with E-state index in [0.29, 0.717) is 18.4 Å². The SMILES string of the molecule is CCCCCCCCCCCCCCCCC(C)CC(C(=O)OCCNC(=O)c1ccc(N(C)C)cc1)C(C(=O)O)C(CCCCCCCCCCCCCCCC)CC1C(=O)OC(=O)C1C. The summed E-state index contributed by atoms with van der Waals surface area (Å²) in [6, 6.07) is 7.22. The quantitative estimate of drug-likeness (QED) is 0.0372. The van der Waals surface area contributed by atoms with Crippen LogP contribution >= 0.6 is 0 Å². The first-order valence-electron chi connectivity index (χ1n) is 27.6. The maximum Gasteiger partial charge on any atom is 0.317 e. The Morgan fingerprint density at radius 3 is 1.49 bits per heavy atom. The number of benzene rings is 1. The van der Waals surface area contributed by atoms with E-state index in [0.717, 1.165) is 50.6 Å². The summed E-state index contributed by atoms with van der Waals surface area (Å²) in [5, 5.41) is 13.9. The van der Waals surface area contributed by atoms with Gasteiger partial charge in [0.1, 0.15) is 6.61 Å². The molecule has 67 heavy (non-hydrogen) atoms. The van der Waals surface area contributed by atoms with Crippen LogP contribution < -0.4 is 10.2 Å². The fraction of sp³-hybridized carbons (Fsp3) is 0.807. The van der Waals surface area contributed by atoms with E-state index < -0.39 is 53.5 Å². The number of unbranched alkanes of at least 4 members (excludes halogenated alkanes) is 26. The Balaban J connectivity index is 2.07. The predicted molar refractivity (Wildman–Crippen MR) is 274 cm³/mol. The number of esters is 3. The average molecular weight is 939 g/mol. The van der Waals surface area contributed by atoms with Crippen molar-refractivity contribution in [3.63, 3.8) is 0 Å². The smallest absolute Gasteiger partial charge is 0.317 e. The summed E-state index contributed by atoms with van der Waals surface area (Å²) in [6.45, 7) is 8.27. The summed E-state index contributed by atoms with van der Waals surface area (Å²) in [5.74, 6) is -7.08. The summed E-state index contributed by atoms with van der Waals surface area (Å²) >= 11 is 0. The van der Waals surface area contributed by atoms with Gasteiger partial charge in [-0.15, -0.1) is 0 Å². The molecular formula is C57H98N2O8. The molecule has 1 saturated heterocycles. The van der Waals surface area contributed by atoms with Crippen LogP contribution in [0.15, 0.2) is 24.3 Å². The zero-order valence-corrected chi connectivity index (χ0v) is 43.6. The van der Waals surface area contributed by atoms with Crippen molar-refractivity contribution in [3.05, 3.63) is 29.8 Å². The van der Waals surface area contributed by atoms with Crippen molar-refractivity contribution in [2.45, 2.75) is 233 Å². The Hall–Kier alpha value is -3.43. The molecule has 384 valence electrons. The Bertz CT molecular complexity index is 1480. The van der Waals surface area contributed by atoms with Crippen LogP contribution in [0.3, 0.4) is 0 Å². The van der Waals surface area contributed by atoms with Gasteiger partial charge >= 0.3 is 23.9 Å². The predicted octanol–water partition coefficient (Wildman–Crippen LogP) is 14.5. The number of nitrogens with one attached hydrogen (secondary N) is 1. The Kier molecular flexibility index (Phi) is 33.4. The number of carbonyl (C=O) groups is 5. The highest BCUT2D eigenvalue weighted by Crippen LogP contribution is 2.40. The Morgan fingerprint density at radius 1 is 0.657 bits per heavy atom. The lowest BCUT2D eigenvalue weighted by molar-refractivity contribution is -0.161. The molecule has 6 unspecified atom stereocenters. The molecule has 0 spiro atoms. The van der Waals surface area contributed by atoms with E-state index in [-0.39, 0.29) is 31.4 Å². The number of rotatable bonds is 43. The third-order valence-electron chi connectivity index (χ3n) is 14.5. The molecule has 2 rings (SSSR count). The number of amides is 1. The van der Waals surface area contributed by atoms with Gasteiger partial charge in [-0.25, -0.2) is 0 Å². The first-order valence-corrected chi connectivity index (χ1v) is 27.6. The van der Waals surface area contributed by atoms with Crippen LogP contribution in [0, 0.1) is 35.5 Å². The largest absolute Gasteiger partial charge is 0.481 e. The van der Waals surface area contributed by atoms with Crippen LogP contribution in [-0.2, 0) is 28.7 Å². The van der Waals surface area contributed by atoms with Crippen molar-refractivity contribution in [1.29, 1.82) is 0 Å². The molecule has 0 aliphatic carbocycles. The molecule has 10 heteroatoms. The van der Waals surface area contributed by atoms with E-state index in [2.05, 4.69) is 26.1 Å². The maximum absolute atomic E-state index is 14.2. The Labute approximate surface area is 408 Å². The molecule has 0 bridgehead atoms. The van der Waals surface area contributed by atoms with Crippen LogP contribution in [-0.4, -0.2) is 62.1 Å². The molecular weight excluding hydrogens is 841 g/mol. The molecule has 10 nitrogen and oxygen atoms in total.